The third-order valence-corrected chi connectivity index (χ3v) is 4.29. The molecule has 124 valence electrons. The van der Waals surface area contributed by atoms with Gasteiger partial charge in [-0.3, -0.25) is 4.79 Å². The number of nitrogens with one attached hydrogen (secondary N) is 1. The van der Waals surface area contributed by atoms with Crippen molar-refractivity contribution in [3.05, 3.63) is 23.9 Å². The van der Waals surface area contributed by atoms with Crippen molar-refractivity contribution in [1.29, 1.82) is 0 Å². The molecule has 2 aliphatic heterocycles. The van der Waals surface area contributed by atoms with Crippen LogP contribution in [0.3, 0.4) is 0 Å². The molecule has 2 saturated heterocycles. The minimum Gasteiger partial charge on any atom is -0.478 e. The number of ether oxygens (including phenoxy) is 1. The molecule has 3 amide bonds. The molecule has 0 aliphatic carbocycles. The van der Waals surface area contributed by atoms with Crippen LogP contribution in [0.25, 0.3) is 0 Å². The van der Waals surface area contributed by atoms with Gasteiger partial charge in [0.05, 0.1) is 18.2 Å². The molecule has 3 heterocycles. The van der Waals surface area contributed by atoms with Crippen LogP contribution in [0.5, 0.6) is 5.88 Å². The molecule has 0 spiro atoms. The van der Waals surface area contributed by atoms with Gasteiger partial charge in [-0.15, -0.1) is 0 Å². The first-order valence-corrected chi connectivity index (χ1v) is 8.11. The maximum absolute atomic E-state index is 12.6. The molecule has 1 unspecified atom stereocenters. The van der Waals surface area contributed by atoms with Crippen LogP contribution in [0.2, 0.25) is 0 Å². The minimum absolute atomic E-state index is 0.0213. The molecule has 1 aromatic heterocycles. The van der Waals surface area contributed by atoms with Crippen molar-refractivity contribution in [3.8, 4) is 5.88 Å². The lowest BCUT2D eigenvalue weighted by molar-refractivity contribution is 0.0634. The van der Waals surface area contributed by atoms with E-state index in [4.69, 9.17) is 4.74 Å². The smallest absolute Gasteiger partial charge is 0.317 e. The molecule has 1 atom stereocenters. The fourth-order valence-corrected chi connectivity index (χ4v) is 3.15. The Balaban J connectivity index is 1.65. The highest BCUT2D eigenvalue weighted by molar-refractivity contribution is 5.94. The highest BCUT2D eigenvalue weighted by Gasteiger charge is 2.33. The molecular weight excluding hydrogens is 296 g/mol. The number of hydrogen-bond acceptors (Lipinski definition) is 4. The Bertz CT molecular complexity index is 575. The van der Waals surface area contributed by atoms with Crippen molar-refractivity contribution in [1.82, 2.24) is 20.1 Å². The zero-order valence-corrected chi connectivity index (χ0v) is 13.3. The number of rotatable bonds is 4. The number of carbonyl (C=O) groups excluding carboxylic acids is 2. The zero-order chi connectivity index (χ0) is 16.2. The number of hydrogen-bond donors (Lipinski definition) is 1. The standard InChI is InChI=1S/C16H22N4O3/c1-2-23-14-6-5-12(10-18-14)15(21)19-8-3-4-13(11-19)20-9-7-17-16(20)22/h5-6,10,13H,2-4,7-9,11H2,1H3,(H,17,22). The summed E-state index contributed by atoms with van der Waals surface area (Å²) in [6, 6.07) is 3.54. The molecule has 0 radical (unpaired) electrons. The molecule has 1 N–H and O–H groups in total. The van der Waals surface area contributed by atoms with Crippen molar-refractivity contribution >= 4 is 11.9 Å². The summed E-state index contributed by atoms with van der Waals surface area (Å²) in [6.07, 6.45) is 3.41. The lowest BCUT2D eigenvalue weighted by Gasteiger charge is -2.37. The van der Waals surface area contributed by atoms with Gasteiger partial charge in [0, 0.05) is 38.4 Å². The molecule has 2 aliphatic rings. The number of carbonyl (C=O) groups is 2. The highest BCUT2D eigenvalue weighted by Crippen LogP contribution is 2.20. The van der Waals surface area contributed by atoms with Gasteiger partial charge in [-0.1, -0.05) is 0 Å². The molecule has 0 aromatic carbocycles. The lowest BCUT2D eigenvalue weighted by atomic mass is 10.0. The van der Waals surface area contributed by atoms with Crippen LogP contribution >= 0.6 is 0 Å². The van der Waals surface area contributed by atoms with Gasteiger partial charge in [-0.05, 0) is 25.8 Å². The molecule has 7 nitrogen and oxygen atoms in total. The Morgan fingerprint density at radius 2 is 2.30 bits per heavy atom. The van der Waals surface area contributed by atoms with E-state index in [0.29, 0.717) is 31.1 Å². The molecule has 2 fully saturated rings. The number of urea groups is 1. The summed E-state index contributed by atoms with van der Waals surface area (Å²) in [7, 11) is 0. The number of likely N-dealkylation sites (tertiary alicyclic amines) is 1. The summed E-state index contributed by atoms with van der Waals surface area (Å²) in [5.74, 6) is 0.485. The monoisotopic (exact) mass is 318 g/mol. The first-order chi connectivity index (χ1) is 11.2. The van der Waals surface area contributed by atoms with E-state index in [-0.39, 0.29) is 18.0 Å². The average molecular weight is 318 g/mol. The summed E-state index contributed by atoms with van der Waals surface area (Å²) < 4.78 is 5.30. The van der Waals surface area contributed by atoms with E-state index >= 15 is 0 Å². The van der Waals surface area contributed by atoms with Gasteiger partial charge >= 0.3 is 6.03 Å². The third kappa shape index (κ3) is 3.38. The van der Waals surface area contributed by atoms with E-state index in [1.807, 2.05) is 16.7 Å². The lowest BCUT2D eigenvalue weighted by Crippen LogP contribution is -2.50. The number of pyridine rings is 1. The van der Waals surface area contributed by atoms with Gasteiger partial charge in [0.2, 0.25) is 5.88 Å². The molecular formula is C16H22N4O3. The first-order valence-electron chi connectivity index (χ1n) is 8.11. The van der Waals surface area contributed by atoms with Crippen LogP contribution in [0.15, 0.2) is 18.3 Å². The molecule has 7 heteroatoms. The summed E-state index contributed by atoms with van der Waals surface area (Å²) in [5, 5.41) is 2.82. The maximum Gasteiger partial charge on any atom is 0.317 e. The van der Waals surface area contributed by atoms with Crippen LogP contribution in [-0.4, -0.2) is 65.5 Å². The topological polar surface area (TPSA) is 74.8 Å². The van der Waals surface area contributed by atoms with Gasteiger partial charge in [0.1, 0.15) is 0 Å². The molecule has 1 aromatic rings. The second-order valence-electron chi connectivity index (χ2n) is 5.79. The second kappa shape index (κ2) is 6.85. The van der Waals surface area contributed by atoms with Crippen molar-refractivity contribution in [2.45, 2.75) is 25.8 Å². The Hall–Kier alpha value is -2.31. The van der Waals surface area contributed by atoms with E-state index < -0.39 is 0 Å². The van der Waals surface area contributed by atoms with E-state index in [9.17, 15) is 9.59 Å². The molecule has 0 saturated carbocycles. The normalized spacial score (nSPS) is 21.3. The fraction of sp³-hybridized carbons (Fsp3) is 0.562. The van der Waals surface area contributed by atoms with Crippen molar-refractivity contribution < 1.29 is 14.3 Å². The Kier molecular flexibility index (Phi) is 4.64. The third-order valence-electron chi connectivity index (χ3n) is 4.29. The van der Waals surface area contributed by atoms with Crippen LogP contribution in [-0.2, 0) is 0 Å². The van der Waals surface area contributed by atoms with Crippen molar-refractivity contribution in [2.75, 3.05) is 32.8 Å². The number of piperidine rings is 1. The second-order valence-corrected chi connectivity index (χ2v) is 5.79. The van der Waals surface area contributed by atoms with E-state index in [2.05, 4.69) is 10.3 Å². The number of nitrogens with zero attached hydrogens (tertiary/aromatic N) is 3. The van der Waals surface area contributed by atoms with Gasteiger partial charge in [-0.25, -0.2) is 9.78 Å². The molecule has 23 heavy (non-hydrogen) atoms. The fourth-order valence-electron chi connectivity index (χ4n) is 3.15. The predicted molar refractivity (Wildman–Crippen MR) is 84.4 cm³/mol. The van der Waals surface area contributed by atoms with E-state index in [1.54, 1.807) is 18.3 Å². The van der Waals surface area contributed by atoms with Crippen molar-refractivity contribution in [3.63, 3.8) is 0 Å². The van der Waals surface area contributed by atoms with Crippen LogP contribution in [0.1, 0.15) is 30.1 Å². The average Bonchev–Trinajstić information content (AvgIpc) is 3.01. The van der Waals surface area contributed by atoms with E-state index in [1.165, 1.54) is 0 Å². The van der Waals surface area contributed by atoms with Crippen molar-refractivity contribution in [2.24, 2.45) is 0 Å². The van der Waals surface area contributed by atoms with Gasteiger partial charge in [-0.2, -0.15) is 0 Å². The zero-order valence-electron chi connectivity index (χ0n) is 13.3. The van der Waals surface area contributed by atoms with Crippen LogP contribution in [0.4, 0.5) is 4.79 Å². The Morgan fingerprint density at radius 3 is 2.96 bits per heavy atom. The maximum atomic E-state index is 12.6. The Morgan fingerprint density at radius 1 is 1.43 bits per heavy atom. The Labute approximate surface area is 135 Å². The summed E-state index contributed by atoms with van der Waals surface area (Å²) in [4.78, 5) is 32.3. The number of amides is 3. The van der Waals surface area contributed by atoms with Gasteiger partial charge < -0.3 is 19.9 Å². The summed E-state index contributed by atoms with van der Waals surface area (Å²) in [6.45, 7) is 5.15. The van der Waals surface area contributed by atoms with Crippen LogP contribution in [0, 0.1) is 0 Å². The van der Waals surface area contributed by atoms with Crippen LogP contribution < -0.4 is 10.1 Å². The van der Waals surface area contributed by atoms with E-state index in [0.717, 1.165) is 25.9 Å². The molecule has 0 bridgehead atoms. The first kappa shape index (κ1) is 15.6. The van der Waals surface area contributed by atoms with Gasteiger partial charge in [0.15, 0.2) is 0 Å². The predicted octanol–water partition coefficient (Wildman–Crippen LogP) is 1.11. The minimum atomic E-state index is -0.0372. The largest absolute Gasteiger partial charge is 0.478 e. The summed E-state index contributed by atoms with van der Waals surface area (Å²) in [5.41, 5.74) is 0.556. The SMILES string of the molecule is CCOc1ccc(C(=O)N2CCCC(N3CCNC3=O)C2)cn1. The molecule has 3 rings (SSSR count). The number of aromatic nitrogens is 1. The quantitative estimate of drug-likeness (QED) is 0.902. The van der Waals surface area contributed by atoms with Gasteiger partial charge in [0.25, 0.3) is 5.91 Å². The summed E-state index contributed by atoms with van der Waals surface area (Å²) >= 11 is 0. The highest BCUT2D eigenvalue weighted by atomic mass is 16.5.